The molecule has 0 aliphatic heterocycles. The smallest absolute Gasteiger partial charge is 0.0673 e. The van der Waals surface area contributed by atoms with Gasteiger partial charge in [-0.1, -0.05) is 30.3 Å². The molecular formula is C17H13NS2. The zero-order valence-electron chi connectivity index (χ0n) is 10.8. The number of thiophene rings is 2. The van der Waals surface area contributed by atoms with E-state index in [1.165, 1.54) is 26.9 Å². The van der Waals surface area contributed by atoms with Crippen LogP contribution in [0.2, 0.25) is 0 Å². The highest BCUT2D eigenvalue weighted by Gasteiger charge is 2.13. The van der Waals surface area contributed by atoms with Crippen molar-refractivity contribution in [3.63, 3.8) is 0 Å². The van der Waals surface area contributed by atoms with Gasteiger partial charge in [0.2, 0.25) is 0 Å². The van der Waals surface area contributed by atoms with E-state index in [9.17, 15) is 0 Å². The molecule has 0 aliphatic rings. The van der Waals surface area contributed by atoms with Crippen molar-refractivity contribution < 1.29 is 0 Å². The van der Waals surface area contributed by atoms with Gasteiger partial charge in [0.25, 0.3) is 0 Å². The number of rotatable bonds is 3. The molecule has 20 heavy (non-hydrogen) atoms. The topological polar surface area (TPSA) is 4.93 Å². The largest absolute Gasteiger partial charge is 0.341 e. The van der Waals surface area contributed by atoms with Crippen LogP contribution in [0.15, 0.2) is 64.8 Å². The third-order valence-electron chi connectivity index (χ3n) is 3.48. The van der Waals surface area contributed by atoms with E-state index < -0.39 is 0 Å². The Balaban J connectivity index is 1.87. The van der Waals surface area contributed by atoms with Gasteiger partial charge in [-0.15, -0.1) is 11.3 Å². The van der Waals surface area contributed by atoms with Crippen LogP contribution in [0.5, 0.6) is 0 Å². The number of benzene rings is 1. The molecule has 3 heterocycles. The van der Waals surface area contributed by atoms with Gasteiger partial charge in [0.15, 0.2) is 0 Å². The van der Waals surface area contributed by atoms with Crippen molar-refractivity contribution in [2.24, 2.45) is 0 Å². The zero-order chi connectivity index (χ0) is 13.4. The minimum atomic E-state index is 0.924. The molecule has 0 amide bonds. The molecule has 4 aromatic rings. The Morgan fingerprint density at radius 3 is 2.65 bits per heavy atom. The van der Waals surface area contributed by atoms with Gasteiger partial charge in [-0.05, 0) is 28.5 Å². The second kappa shape index (κ2) is 4.93. The second-order valence-corrected chi connectivity index (χ2v) is 6.50. The van der Waals surface area contributed by atoms with E-state index in [0.29, 0.717) is 0 Å². The summed E-state index contributed by atoms with van der Waals surface area (Å²) >= 11 is 3.58. The summed E-state index contributed by atoms with van der Waals surface area (Å²) in [6, 6.07) is 15.1. The molecule has 1 nitrogen and oxygen atoms in total. The Hall–Kier alpha value is -1.84. The van der Waals surface area contributed by atoms with Crippen LogP contribution in [-0.2, 0) is 6.54 Å². The van der Waals surface area contributed by atoms with E-state index in [0.717, 1.165) is 6.54 Å². The first kappa shape index (κ1) is 11.9. The van der Waals surface area contributed by atoms with Gasteiger partial charge in [0, 0.05) is 29.1 Å². The summed E-state index contributed by atoms with van der Waals surface area (Å²) in [6.07, 6.45) is 2.27. The van der Waals surface area contributed by atoms with Crippen molar-refractivity contribution in [3.05, 3.63) is 70.4 Å². The van der Waals surface area contributed by atoms with Crippen LogP contribution in [0.4, 0.5) is 0 Å². The summed E-state index contributed by atoms with van der Waals surface area (Å²) < 4.78 is 3.76. The Bertz CT molecular complexity index is 823. The first-order valence-electron chi connectivity index (χ1n) is 6.54. The van der Waals surface area contributed by atoms with Crippen molar-refractivity contribution in [1.82, 2.24) is 4.57 Å². The Morgan fingerprint density at radius 1 is 0.950 bits per heavy atom. The molecule has 3 aromatic heterocycles. The fraction of sp³-hybridized carbons (Fsp3) is 0.0588. The van der Waals surface area contributed by atoms with Crippen LogP contribution in [-0.4, -0.2) is 4.57 Å². The molecule has 98 valence electrons. The van der Waals surface area contributed by atoms with Crippen molar-refractivity contribution >= 4 is 32.8 Å². The lowest BCUT2D eigenvalue weighted by atomic mass is 10.2. The predicted octanol–water partition coefficient (Wildman–Crippen LogP) is 5.48. The standard InChI is InChI=1S/C17H13NS2/c1-2-4-13(5-3-1)10-18-11-14-7-9-20-17(14)16(18)15-6-8-19-12-15/h1-9,11-12H,10H2. The number of hydrogen-bond acceptors (Lipinski definition) is 2. The molecule has 0 saturated heterocycles. The van der Waals surface area contributed by atoms with Crippen molar-refractivity contribution in [2.45, 2.75) is 6.54 Å². The average molecular weight is 295 g/mol. The third-order valence-corrected chi connectivity index (χ3v) is 5.10. The van der Waals surface area contributed by atoms with Gasteiger partial charge >= 0.3 is 0 Å². The molecule has 0 N–H and O–H groups in total. The lowest BCUT2D eigenvalue weighted by Crippen LogP contribution is -1.99. The maximum absolute atomic E-state index is 2.37. The minimum Gasteiger partial charge on any atom is -0.341 e. The van der Waals surface area contributed by atoms with Crippen molar-refractivity contribution in [1.29, 1.82) is 0 Å². The molecule has 0 radical (unpaired) electrons. The first-order valence-corrected chi connectivity index (χ1v) is 8.37. The van der Waals surface area contributed by atoms with E-state index in [1.54, 1.807) is 11.3 Å². The monoisotopic (exact) mass is 295 g/mol. The molecule has 1 aromatic carbocycles. The summed E-state index contributed by atoms with van der Waals surface area (Å²) in [7, 11) is 0. The fourth-order valence-electron chi connectivity index (χ4n) is 2.58. The molecule has 0 atom stereocenters. The molecule has 4 rings (SSSR count). The lowest BCUT2D eigenvalue weighted by Gasteiger charge is -2.08. The van der Waals surface area contributed by atoms with Crippen LogP contribution in [0.1, 0.15) is 5.56 Å². The van der Waals surface area contributed by atoms with Gasteiger partial charge in [0.1, 0.15) is 0 Å². The van der Waals surface area contributed by atoms with E-state index >= 15 is 0 Å². The van der Waals surface area contributed by atoms with Crippen LogP contribution in [0, 0.1) is 0 Å². The summed E-state index contributed by atoms with van der Waals surface area (Å²) in [5, 5.41) is 7.89. The lowest BCUT2D eigenvalue weighted by molar-refractivity contribution is 0.818. The summed E-state index contributed by atoms with van der Waals surface area (Å²) in [5.74, 6) is 0. The maximum atomic E-state index is 2.37. The third kappa shape index (κ3) is 1.99. The molecule has 0 unspecified atom stereocenters. The fourth-order valence-corrected chi connectivity index (χ4v) is 4.17. The highest BCUT2D eigenvalue weighted by atomic mass is 32.1. The van der Waals surface area contributed by atoms with Gasteiger partial charge in [-0.25, -0.2) is 0 Å². The SMILES string of the molecule is c1ccc(Cn2cc3ccsc3c2-c2ccsc2)cc1. The molecule has 0 bridgehead atoms. The molecule has 3 heteroatoms. The second-order valence-electron chi connectivity index (χ2n) is 4.81. The maximum Gasteiger partial charge on any atom is 0.0673 e. The van der Waals surface area contributed by atoms with Gasteiger partial charge in [-0.2, -0.15) is 11.3 Å². The number of fused-ring (bicyclic) bond motifs is 1. The molecule has 0 spiro atoms. The van der Waals surface area contributed by atoms with Gasteiger partial charge in [0.05, 0.1) is 10.4 Å². The van der Waals surface area contributed by atoms with E-state index in [1.807, 2.05) is 11.3 Å². The molecule has 0 fully saturated rings. The normalized spacial score (nSPS) is 11.2. The van der Waals surface area contributed by atoms with Crippen LogP contribution < -0.4 is 0 Å². The summed E-state index contributed by atoms with van der Waals surface area (Å²) in [4.78, 5) is 0. The van der Waals surface area contributed by atoms with Crippen molar-refractivity contribution in [3.8, 4) is 11.3 Å². The van der Waals surface area contributed by atoms with E-state index in [4.69, 9.17) is 0 Å². The quantitative estimate of drug-likeness (QED) is 0.471. The van der Waals surface area contributed by atoms with Crippen LogP contribution in [0.3, 0.4) is 0 Å². The number of hydrogen-bond donors (Lipinski definition) is 0. The highest BCUT2D eigenvalue weighted by molar-refractivity contribution is 7.17. The predicted molar refractivity (Wildman–Crippen MR) is 88.7 cm³/mol. The Kier molecular flexibility index (Phi) is 2.94. The average Bonchev–Trinajstić information content (AvgIpc) is 3.16. The summed E-state index contributed by atoms with van der Waals surface area (Å²) in [5.41, 5.74) is 4.01. The zero-order valence-corrected chi connectivity index (χ0v) is 12.5. The molecule has 0 aliphatic carbocycles. The van der Waals surface area contributed by atoms with Crippen LogP contribution in [0.25, 0.3) is 21.3 Å². The molecule has 0 saturated carbocycles. The first-order chi connectivity index (χ1) is 9.92. The number of nitrogens with zero attached hydrogens (tertiary/aromatic N) is 1. The van der Waals surface area contributed by atoms with Gasteiger partial charge < -0.3 is 4.57 Å². The molecular weight excluding hydrogens is 282 g/mol. The summed E-state index contributed by atoms with van der Waals surface area (Å²) in [6.45, 7) is 0.924. The van der Waals surface area contributed by atoms with E-state index in [-0.39, 0.29) is 0 Å². The van der Waals surface area contributed by atoms with Crippen molar-refractivity contribution in [2.75, 3.05) is 0 Å². The van der Waals surface area contributed by atoms with Gasteiger partial charge in [-0.3, -0.25) is 0 Å². The highest BCUT2D eigenvalue weighted by Crippen LogP contribution is 2.35. The number of aromatic nitrogens is 1. The van der Waals surface area contributed by atoms with Crippen LogP contribution >= 0.6 is 22.7 Å². The van der Waals surface area contributed by atoms with E-state index in [2.05, 4.69) is 69.4 Å². The Labute approximate surface area is 125 Å². The minimum absolute atomic E-state index is 0.924. The Morgan fingerprint density at radius 2 is 1.85 bits per heavy atom.